The Balaban J connectivity index is 1.65. The molecule has 0 radical (unpaired) electrons. The molecule has 2 nitrogen and oxygen atoms in total. The molecule has 1 spiro atoms. The van der Waals surface area contributed by atoms with Gasteiger partial charge in [0.2, 0.25) is 0 Å². The zero-order valence-corrected chi connectivity index (χ0v) is 12.8. The van der Waals surface area contributed by atoms with E-state index in [9.17, 15) is 0 Å². The average Bonchev–Trinajstić information content (AvgIpc) is 2.79. The van der Waals surface area contributed by atoms with Crippen LogP contribution in [0.2, 0.25) is 0 Å². The number of rotatable bonds is 2. The molecule has 0 amide bonds. The summed E-state index contributed by atoms with van der Waals surface area (Å²) >= 11 is 0. The highest BCUT2D eigenvalue weighted by atomic mass is 15.2. The Morgan fingerprint density at radius 1 is 1.11 bits per heavy atom. The van der Waals surface area contributed by atoms with Gasteiger partial charge in [-0.05, 0) is 51.1 Å². The van der Waals surface area contributed by atoms with Gasteiger partial charge in [-0.1, -0.05) is 39.0 Å². The third kappa shape index (κ3) is 3.16. The fourth-order valence-corrected chi connectivity index (χ4v) is 4.82. The zero-order valence-electron chi connectivity index (χ0n) is 12.8. The van der Waals surface area contributed by atoms with Gasteiger partial charge in [0.15, 0.2) is 0 Å². The largest absolute Gasteiger partial charge is 0.310 e. The Morgan fingerprint density at radius 2 is 1.95 bits per heavy atom. The van der Waals surface area contributed by atoms with Crippen LogP contribution in [-0.4, -0.2) is 36.1 Å². The number of hydrogen-bond donors (Lipinski definition) is 1. The topological polar surface area (TPSA) is 15.3 Å². The summed E-state index contributed by atoms with van der Waals surface area (Å²) in [6, 6.07) is 0.899. The van der Waals surface area contributed by atoms with Crippen LogP contribution in [0.1, 0.15) is 71.1 Å². The van der Waals surface area contributed by atoms with E-state index in [1.165, 1.54) is 83.8 Å². The van der Waals surface area contributed by atoms with Gasteiger partial charge in [-0.2, -0.15) is 0 Å². The van der Waals surface area contributed by atoms with Crippen LogP contribution in [0.25, 0.3) is 0 Å². The highest BCUT2D eigenvalue weighted by Crippen LogP contribution is 2.35. The summed E-state index contributed by atoms with van der Waals surface area (Å²) in [6.45, 7) is 6.32. The first kappa shape index (κ1) is 13.9. The van der Waals surface area contributed by atoms with Crippen molar-refractivity contribution in [3.63, 3.8) is 0 Å². The summed E-state index contributed by atoms with van der Waals surface area (Å²) in [5.41, 5.74) is 0.496. The predicted molar refractivity (Wildman–Crippen MR) is 81.4 cm³/mol. The van der Waals surface area contributed by atoms with Gasteiger partial charge in [0.05, 0.1) is 0 Å². The molecule has 0 aromatic rings. The van der Waals surface area contributed by atoms with Crippen molar-refractivity contribution in [2.75, 3.05) is 19.6 Å². The SMILES string of the molecule is CCC1CCCC(N2CCCNC3(CCCC3)C2)C1. The van der Waals surface area contributed by atoms with Crippen molar-refractivity contribution in [2.24, 2.45) is 5.92 Å². The lowest BCUT2D eigenvalue weighted by atomic mass is 9.83. The molecule has 1 N–H and O–H groups in total. The zero-order chi connectivity index (χ0) is 13.1. The molecule has 110 valence electrons. The highest BCUT2D eigenvalue weighted by molar-refractivity contribution is 4.98. The second-order valence-corrected chi connectivity index (χ2v) is 7.33. The molecule has 3 fully saturated rings. The average molecular weight is 264 g/mol. The van der Waals surface area contributed by atoms with E-state index in [0.29, 0.717) is 5.54 Å². The monoisotopic (exact) mass is 264 g/mol. The normalized spacial score (nSPS) is 36.5. The molecular weight excluding hydrogens is 232 g/mol. The van der Waals surface area contributed by atoms with Crippen LogP contribution in [0.5, 0.6) is 0 Å². The molecule has 2 unspecified atom stereocenters. The maximum absolute atomic E-state index is 3.91. The minimum Gasteiger partial charge on any atom is -0.310 e. The van der Waals surface area contributed by atoms with Gasteiger partial charge in [0.1, 0.15) is 0 Å². The first-order chi connectivity index (χ1) is 9.31. The van der Waals surface area contributed by atoms with Gasteiger partial charge < -0.3 is 5.32 Å². The van der Waals surface area contributed by atoms with E-state index in [0.717, 1.165) is 12.0 Å². The lowest BCUT2D eigenvalue weighted by Gasteiger charge is -2.41. The fourth-order valence-electron chi connectivity index (χ4n) is 4.82. The fraction of sp³-hybridized carbons (Fsp3) is 1.00. The lowest BCUT2D eigenvalue weighted by molar-refractivity contribution is 0.106. The van der Waals surface area contributed by atoms with E-state index >= 15 is 0 Å². The van der Waals surface area contributed by atoms with Gasteiger partial charge >= 0.3 is 0 Å². The van der Waals surface area contributed by atoms with Crippen molar-refractivity contribution in [3.05, 3.63) is 0 Å². The second kappa shape index (κ2) is 6.13. The molecular formula is C17H32N2. The van der Waals surface area contributed by atoms with Gasteiger partial charge in [0.25, 0.3) is 0 Å². The van der Waals surface area contributed by atoms with Crippen LogP contribution in [-0.2, 0) is 0 Å². The molecule has 0 aromatic carbocycles. The van der Waals surface area contributed by atoms with Crippen molar-refractivity contribution in [1.82, 2.24) is 10.2 Å². The molecule has 0 aromatic heterocycles. The van der Waals surface area contributed by atoms with E-state index < -0.39 is 0 Å². The standard InChI is InChI=1S/C17H32N2/c1-2-15-7-5-8-16(13-15)19-12-6-11-18-17(14-19)9-3-4-10-17/h15-16,18H,2-14H2,1H3. The number of nitrogens with zero attached hydrogens (tertiary/aromatic N) is 1. The molecule has 2 atom stereocenters. The van der Waals surface area contributed by atoms with Crippen LogP contribution in [0.3, 0.4) is 0 Å². The van der Waals surface area contributed by atoms with Crippen molar-refractivity contribution in [3.8, 4) is 0 Å². The Hall–Kier alpha value is -0.0800. The van der Waals surface area contributed by atoms with Crippen LogP contribution < -0.4 is 5.32 Å². The van der Waals surface area contributed by atoms with E-state index in [-0.39, 0.29) is 0 Å². The Bertz CT molecular complexity index is 283. The van der Waals surface area contributed by atoms with E-state index in [1.54, 1.807) is 0 Å². The van der Waals surface area contributed by atoms with Crippen LogP contribution in [0.15, 0.2) is 0 Å². The quantitative estimate of drug-likeness (QED) is 0.820. The third-order valence-corrected chi connectivity index (χ3v) is 6.04. The van der Waals surface area contributed by atoms with Gasteiger partial charge in [-0.15, -0.1) is 0 Å². The van der Waals surface area contributed by atoms with Crippen molar-refractivity contribution in [1.29, 1.82) is 0 Å². The van der Waals surface area contributed by atoms with Crippen molar-refractivity contribution >= 4 is 0 Å². The van der Waals surface area contributed by atoms with Crippen LogP contribution in [0, 0.1) is 5.92 Å². The van der Waals surface area contributed by atoms with E-state index in [4.69, 9.17) is 0 Å². The summed E-state index contributed by atoms with van der Waals surface area (Å²) in [5.74, 6) is 1.01. The summed E-state index contributed by atoms with van der Waals surface area (Å²) < 4.78 is 0. The van der Waals surface area contributed by atoms with Crippen molar-refractivity contribution < 1.29 is 0 Å². The highest BCUT2D eigenvalue weighted by Gasteiger charge is 2.38. The minimum absolute atomic E-state index is 0.496. The molecule has 3 aliphatic rings. The van der Waals surface area contributed by atoms with Gasteiger partial charge in [-0.25, -0.2) is 0 Å². The summed E-state index contributed by atoms with van der Waals surface area (Å²) in [5, 5.41) is 3.91. The summed E-state index contributed by atoms with van der Waals surface area (Å²) in [6.07, 6.45) is 14.4. The molecule has 2 aliphatic carbocycles. The molecule has 1 aliphatic heterocycles. The smallest absolute Gasteiger partial charge is 0.0308 e. The maximum Gasteiger partial charge on any atom is 0.0308 e. The van der Waals surface area contributed by atoms with Gasteiger partial charge in [0, 0.05) is 18.1 Å². The van der Waals surface area contributed by atoms with Crippen LogP contribution >= 0.6 is 0 Å². The Labute approximate surface area is 119 Å². The molecule has 1 saturated heterocycles. The first-order valence-electron chi connectivity index (χ1n) is 8.80. The Kier molecular flexibility index (Phi) is 4.48. The maximum atomic E-state index is 3.91. The molecule has 2 saturated carbocycles. The number of hydrogen-bond acceptors (Lipinski definition) is 2. The van der Waals surface area contributed by atoms with E-state index in [1.807, 2.05) is 0 Å². The summed E-state index contributed by atoms with van der Waals surface area (Å²) in [4.78, 5) is 2.88. The summed E-state index contributed by atoms with van der Waals surface area (Å²) in [7, 11) is 0. The number of nitrogens with one attached hydrogen (secondary N) is 1. The molecule has 1 heterocycles. The minimum atomic E-state index is 0.496. The third-order valence-electron chi connectivity index (χ3n) is 6.04. The molecule has 19 heavy (non-hydrogen) atoms. The first-order valence-corrected chi connectivity index (χ1v) is 8.80. The van der Waals surface area contributed by atoms with E-state index in [2.05, 4.69) is 17.1 Å². The van der Waals surface area contributed by atoms with Crippen molar-refractivity contribution in [2.45, 2.75) is 82.7 Å². The second-order valence-electron chi connectivity index (χ2n) is 7.33. The molecule has 0 bridgehead atoms. The Morgan fingerprint density at radius 3 is 2.74 bits per heavy atom. The predicted octanol–water partition coefficient (Wildman–Crippen LogP) is 3.56. The molecule has 3 rings (SSSR count). The molecule has 2 heteroatoms. The lowest BCUT2D eigenvalue weighted by Crippen LogP contribution is -2.52. The van der Waals surface area contributed by atoms with Crippen LogP contribution in [0.4, 0.5) is 0 Å². The van der Waals surface area contributed by atoms with Gasteiger partial charge in [-0.3, -0.25) is 4.90 Å².